The van der Waals surface area contributed by atoms with Crippen LogP contribution in [0.15, 0.2) is 24.3 Å². The van der Waals surface area contributed by atoms with Crippen LogP contribution in [0.1, 0.15) is 17.5 Å². The molecule has 0 saturated carbocycles. The molecule has 0 saturated heterocycles. The number of aliphatic hydroxyl groups is 2. The van der Waals surface area contributed by atoms with Gasteiger partial charge in [-0.25, -0.2) is 0 Å². The van der Waals surface area contributed by atoms with E-state index in [0.717, 1.165) is 5.56 Å². The van der Waals surface area contributed by atoms with Crippen LogP contribution in [-0.4, -0.2) is 22.9 Å². The van der Waals surface area contributed by atoms with E-state index in [-0.39, 0.29) is 6.61 Å². The number of hydrogen-bond acceptors (Lipinski definition) is 2. The van der Waals surface area contributed by atoms with Crippen molar-refractivity contribution < 1.29 is 10.2 Å². The predicted octanol–water partition coefficient (Wildman–Crippen LogP) is 1.28. The Kier molecular flexibility index (Phi) is 3.93. The molecule has 72 valence electrons. The van der Waals surface area contributed by atoms with Gasteiger partial charge in [0.25, 0.3) is 0 Å². The van der Waals surface area contributed by atoms with Crippen molar-refractivity contribution >= 4 is 0 Å². The zero-order valence-electron chi connectivity index (χ0n) is 7.90. The van der Waals surface area contributed by atoms with Crippen molar-refractivity contribution in [2.24, 2.45) is 0 Å². The van der Waals surface area contributed by atoms with Gasteiger partial charge in [-0.3, -0.25) is 0 Å². The van der Waals surface area contributed by atoms with Crippen LogP contribution in [0.3, 0.4) is 0 Å². The predicted molar refractivity (Wildman–Crippen MR) is 52.6 cm³/mol. The van der Waals surface area contributed by atoms with Gasteiger partial charge in [-0.2, -0.15) is 0 Å². The fourth-order valence-corrected chi connectivity index (χ4v) is 1.34. The lowest BCUT2D eigenvalue weighted by molar-refractivity contribution is 0.133. The highest BCUT2D eigenvalue weighted by molar-refractivity contribution is 5.25. The maximum atomic E-state index is 9.47. The fourth-order valence-electron chi connectivity index (χ4n) is 1.34. The third-order valence-corrected chi connectivity index (χ3v) is 2.18. The average Bonchev–Trinajstić information content (AvgIpc) is 2.09. The summed E-state index contributed by atoms with van der Waals surface area (Å²) in [5, 5.41) is 18.1. The highest BCUT2D eigenvalue weighted by Crippen LogP contribution is 2.10. The SMILES string of the molecule is Cc1ccccc1CC(O)CCO. The molecule has 0 aliphatic carbocycles. The molecule has 2 heteroatoms. The van der Waals surface area contributed by atoms with Crippen LogP contribution >= 0.6 is 0 Å². The summed E-state index contributed by atoms with van der Waals surface area (Å²) >= 11 is 0. The van der Waals surface area contributed by atoms with Crippen molar-refractivity contribution in [1.29, 1.82) is 0 Å². The van der Waals surface area contributed by atoms with Crippen LogP contribution < -0.4 is 0 Å². The van der Waals surface area contributed by atoms with E-state index in [1.807, 2.05) is 31.2 Å². The molecular formula is C11H16O2. The van der Waals surface area contributed by atoms with Gasteiger partial charge in [-0.05, 0) is 30.9 Å². The number of hydrogen-bond donors (Lipinski definition) is 2. The smallest absolute Gasteiger partial charge is 0.0602 e. The van der Waals surface area contributed by atoms with E-state index in [4.69, 9.17) is 5.11 Å². The van der Waals surface area contributed by atoms with E-state index >= 15 is 0 Å². The maximum absolute atomic E-state index is 9.47. The minimum absolute atomic E-state index is 0.0487. The van der Waals surface area contributed by atoms with Crippen molar-refractivity contribution in [2.75, 3.05) is 6.61 Å². The van der Waals surface area contributed by atoms with Gasteiger partial charge in [-0.15, -0.1) is 0 Å². The van der Waals surface area contributed by atoms with E-state index in [9.17, 15) is 5.11 Å². The molecule has 13 heavy (non-hydrogen) atoms. The van der Waals surface area contributed by atoms with E-state index in [2.05, 4.69) is 0 Å². The zero-order chi connectivity index (χ0) is 9.68. The largest absolute Gasteiger partial charge is 0.396 e. The summed E-state index contributed by atoms with van der Waals surface area (Å²) in [6.07, 6.45) is 0.660. The van der Waals surface area contributed by atoms with Crippen molar-refractivity contribution in [3.63, 3.8) is 0 Å². The molecule has 0 heterocycles. The summed E-state index contributed by atoms with van der Waals surface area (Å²) in [7, 11) is 0. The Hall–Kier alpha value is -0.860. The van der Waals surface area contributed by atoms with Gasteiger partial charge in [0.05, 0.1) is 6.10 Å². The quantitative estimate of drug-likeness (QED) is 0.732. The Bertz CT molecular complexity index is 258. The highest BCUT2D eigenvalue weighted by atomic mass is 16.3. The van der Waals surface area contributed by atoms with Gasteiger partial charge >= 0.3 is 0 Å². The van der Waals surface area contributed by atoms with E-state index < -0.39 is 6.10 Å². The molecule has 0 fully saturated rings. The summed E-state index contributed by atoms with van der Waals surface area (Å²) in [6.45, 7) is 2.08. The minimum atomic E-state index is -0.425. The molecule has 0 aliphatic heterocycles. The topological polar surface area (TPSA) is 40.5 Å². The minimum Gasteiger partial charge on any atom is -0.396 e. The van der Waals surface area contributed by atoms with Gasteiger partial charge in [0, 0.05) is 6.61 Å². The normalized spacial score (nSPS) is 12.8. The Morgan fingerprint density at radius 2 is 2.00 bits per heavy atom. The molecule has 2 nitrogen and oxygen atoms in total. The summed E-state index contributed by atoms with van der Waals surface area (Å²) < 4.78 is 0. The second-order valence-electron chi connectivity index (χ2n) is 3.30. The first-order chi connectivity index (χ1) is 6.24. The first-order valence-electron chi connectivity index (χ1n) is 4.57. The molecule has 1 unspecified atom stereocenters. The van der Waals surface area contributed by atoms with Crippen LogP contribution in [0.4, 0.5) is 0 Å². The summed E-state index contributed by atoms with van der Waals surface area (Å²) in [6, 6.07) is 7.99. The third kappa shape index (κ3) is 3.17. The molecule has 0 aromatic heterocycles. The van der Waals surface area contributed by atoms with Crippen LogP contribution in [0.2, 0.25) is 0 Å². The van der Waals surface area contributed by atoms with Crippen molar-refractivity contribution in [1.82, 2.24) is 0 Å². The monoisotopic (exact) mass is 180 g/mol. The van der Waals surface area contributed by atoms with E-state index in [0.29, 0.717) is 12.8 Å². The van der Waals surface area contributed by atoms with Crippen LogP contribution in [0.25, 0.3) is 0 Å². The molecule has 1 rings (SSSR count). The number of rotatable bonds is 4. The lowest BCUT2D eigenvalue weighted by Crippen LogP contribution is -2.12. The van der Waals surface area contributed by atoms with Crippen LogP contribution in [0.5, 0.6) is 0 Å². The first kappa shape index (κ1) is 10.2. The van der Waals surface area contributed by atoms with Gasteiger partial charge < -0.3 is 10.2 Å². The Morgan fingerprint density at radius 3 is 2.62 bits per heavy atom. The average molecular weight is 180 g/mol. The molecule has 1 aromatic carbocycles. The van der Waals surface area contributed by atoms with Gasteiger partial charge in [0.1, 0.15) is 0 Å². The van der Waals surface area contributed by atoms with Crippen molar-refractivity contribution in [3.8, 4) is 0 Å². The van der Waals surface area contributed by atoms with Gasteiger partial charge in [-0.1, -0.05) is 24.3 Å². The molecule has 0 spiro atoms. The van der Waals surface area contributed by atoms with Gasteiger partial charge in [0.2, 0.25) is 0 Å². The van der Waals surface area contributed by atoms with Crippen LogP contribution in [-0.2, 0) is 6.42 Å². The summed E-state index contributed by atoms with van der Waals surface area (Å²) in [4.78, 5) is 0. The van der Waals surface area contributed by atoms with Crippen LogP contribution in [0, 0.1) is 6.92 Å². The summed E-state index contributed by atoms with van der Waals surface area (Å²) in [5.41, 5.74) is 2.35. The number of aliphatic hydroxyl groups excluding tert-OH is 2. The van der Waals surface area contributed by atoms with Crippen molar-refractivity contribution in [2.45, 2.75) is 25.9 Å². The van der Waals surface area contributed by atoms with Crippen molar-refractivity contribution in [3.05, 3.63) is 35.4 Å². The Balaban J connectivity index is 2.58. The molecule has 1 aromatic rings. The molecular weight excluding hydrogens is 164 g/mol. The number of aryl methyl sites for hydroxylation is 1. The second kappa shape index (κ2) is 5.00. The Morgan fingerprint density at radius 1 is 1.31 bits per heavy atom. The summed E-state index contributed by atoms with van der Waals surface area (Å²) in [5.74, 6) is 0. The van der Waals surface area contributed by atoms with E-state index in [1.165, 1.54) is 5.56 Å². The number of benzene rings is 1. The Labute approximate surface area is 78.8 Å². The third-order valence-electron chi connectivity index (χ3n) is 2.18. The second-order valence-corrected chi connectivity index (χ2v) is 3.30. The highest BCUT2D eigenvalue weighted by Gasteiger charge is 2.05. The molecule has 0 aliphatic rings. The molecule has 0 bridgehead atoms. The zero-order valence-corrected chi connectivity index (χ0v) is 7.90. The fraction of sp³-hybridized carbons (Fsp3) is 0.455. The molecule has 0 radical (unpaired) electrons. The first-order valence-corrected chi connectivity index (χ1v) is 4.57. The lowest BCUT2D eigenvalue weighted by atomic mass is 10.0. The van der Waals surface area contributed by atoms with Gasteiger partial charge in [0.15, 0.2) is 0 Å². The molecule has 1 atom stereocenters. The molecule has 2 N–H and O–H groups in total. The lowest BCUT2D eigenvalue weighted by Gasteiger charge is -2.10. The maximum Gasteiger partial charge on any atom is 0.0602 e. The standard InChI is InChI=1S/C11H16O2/c1-9-4-2-3-5-10(9)8-11(13)6-7-12/h2-5,11-13H,6-8H2,1H3. The molecule has 0 amide bonds. The van der Waals surface area contributed by atoms with E-state index in [1.54, 1.807) is 0 Å².